The third-order valence-electron chi connectivity index (χ3n) is 4.50. The summed E-state index contributed by atoms with van der Waals surface area (Å²) >= 11 is 0. The standard InChI is InChI=1S/C19H29N3O3/c1-3-25-18(23)16-8-10-17(11-9-16)21-19(24)20-12-6-14-22-13-5-4-7-15(22)2/h8-11,15H,3-7,12-14H2,1-2H3,(H2,20,21,24)/t15-/m0/s1. The fraction of sp³-hybridized carbons (Fsp3) is 0.579. The molecule has 6 heteroatoms. The van der Waals surface area contributed by atoms with Gasteiger partial charge in [-0.3, -0.25) is 0 Å². The third kappa shape index (κ3) is 6.38. The Balaban J connectivity index is 1.67. The number of carbonyl (C=O) groups is 2. The molecule has 1 aliphatic heterocycles. The molecule has 25 heavy (non-hydrogen) atoms. The highest BCUT2D eigenvalue weighted by Gasteiger charge is 2.17. The number of ether oxygens (including phenoxy) is 1. The number of rotatable bonds is 7. The molecule has 1 aromatic carbocycles. The Morgan fingerprint density at radius 2 is 2.00 bits per heavy atom. The quantitative estimate of drug-likeness (QED) is 0.587. The fourth-order valence-corrected chi connectivity index (χ4v) is 3.05. The number of piperidine rings is 1. The molecule has 0 radical (unpaired) electrons. The Kier molecular flexibility index (Phi) is 7.73. The monoisotopic (exact) mass is 347 g/mol. The maximum absolute atomic E-state index is 11.9. The largest absolute Gasteiger partial charge is 0.462 e. The molecule has 138 valence electrons. The van der Waals surface area contributed by atoms with Gasteiger partial charge in [0.1, 0.15) is 0 Å². The minimum atomic E-state index is -0.356. The number of carbonyl (C=O) groups excluding carboxylic acids is 2. The van der Waals surface area contributed by atoms with Gasteiger partial charge in [0.2, 0.25) is 0 Å². The summed E-state index contributed by atoms with van der Waals surface area (Å²) in [6.07, 6.45) is 4.82. The number of nitrogens with one attached hydrogen (secondary N) is 2. The zero-order valence-corrected chi connectivity index (χ0v) is 15.2. The van der Waals surface area contributed by atoms with Crippen LogP contribution in [0, 0.1) is 0 Å². The van der Waals surface area contributed by atoms with E-state index in [9.17, 15) is 9.59 Å². The first-order valence-electron chi connectivity index (χ1n) is 9.16. The molecule has 2 amide bonds. The zero-order chi connectivity index (χ0) is 18.1. The molecule has 1 heterocycles. The van der Waals surface area contributed by atoms with Gasteiger partial charge in [-0.15, -0.1) is 0 Å². The number of hydrogen-bond donors (Lipinski definition) is 2. The molecule has 1 aromatic rings. The summed E-state index contributed by atoms with van der Waals surface area (Å²) in [6.45, 7) is 7.23. The van der Waals surface area contributed by atoms with Gasteiger partial charge in [-0.05, 0) is 63.9 Å². The lowest BCUT2D eigenvalue weighted by Crippen LogP contribution is -2.39. The highest BCUT2D eigenvalue weighted by Crippen LogP contribution is 2.16. The molecule has 0 bridgehead atoms. The van der Waals surface area contributed by atoms with E-state index in [0.717, 1.165) is 13.0 Å². The summed E-state index contributed by atoms with van der Waals surface area (Å²) in [6, 6.07) is 7.11. The molecule has 2 N–H and O–H groups in total. The van der Waals surface area contributed by atoms with Crippen LogP contribution in [0.3, 0.4) is 0 Å². The average molecular weight is 347 g/mol. The topological polar surface area (TPSA) is 70.7 Å². The lowest BCUT2D eigenvalue weighted by atomic mass is 10.0. The van der Waals surface area contributed by atoms with Crippen LogP contribution in [0.2, 0.25) is 0 Å². The highest BCUT2D eigenvalue weighted by atomic mass is 16.5. The second kappa shape index (κ2) is 10.0. The van der Waals surface area contributed by atoms with E-state index in [1.165, 1.54) is 25.8 Å². The van der Waals surface area contributed by atoms with Gasteiger partial charge in [-0.1, -0.05) is 6.42 Å². The number of anilines is 1. The number of likely N-dealkylation sites (tertiary alicyclic amines) is 1. The lowest BCUT2D eigenvalue weighted by Gasteiger charge is -2.33. The van der Waals surface area contributed by atoms with Gasteiger partial charge in [-0.25, -0.2) is 9.59 Å². The van der Waals surface area contributed by atoms with Crippen molar-refractivity contribution >= 4 is 17.7 Å². The maximum atomic E-state index is 11.9. The fourth-order valence-electron chi connectivity index (χ4n) is 3.05. The first-order chi connectivity index (χ1) is 12.1. The van der Waals surface area contributed by atoms with Gasteiger partial charge < -0.3 is 20.3 Å². The van der Waals surface area contributed by atoms with Crippen molar-refractivity contribution in [2.45, 2.75) is 45.6 Å². The second-order valence-corrected chi connectivity index (χ2v) is 6.41. The number of hydrogen-bond acceptors (Lipinski definition) is 4. The minimum Gasteiger partial charge on any atom is -0.462 e. The number of benzene rings is 1. The summed E-state index contributed by atoms with van der Waals surface area (Å²) in [4.78, 5) is 26.0. The Labute approximate surface area is 149 Å². The first-order valence-corrected chi connectivity index (χ1v) is 9.16. The molecule has 0 unspecified atom stereocenters. The Morgan fingerprint density at radius 3 is 2.68 bits per heavy atom. The Hall–Kier alpha value is -2.08. The van der Waals surface area contributed by atoms with E-state index >= 15 is 0 Å². The summed E-state index contributed by atoms with van der Waals surface area (Å²) in [5.74, 6) is -0.356. The van der Waals surface area contributed by atoms with E-state index in [1.807, 2.05) is 0 Å². The molecule has 1 aliphatic rings. The van der Waals surface area contributed by atoms with Crippen LogP contribution < -0.4 is 10.6 Å². The molecule has 6 nitrogen and oxygen atoms in total. The molecule has 0 aliphatic carbocycles. The van der Waals surface area contributed by atoms with Crippen LogP contribution in [-0.2, 0) is 4.74 Å². The maximum Gasteiger partial charge on any atom is 0.338 e. The van der Waals surface area contributed by atoms with Crippen LogP contribution in [0.5, 0.6) is 0 Å². The van der Waals surface area contributed by atoms with Crippen molar-refractivity contribution in [3.8, 4) is 0 Å². The van der Waals surface area contributed by atoms with Gasteiger partial charge in [-0.2, -0.15) is 0 Å². The van der Waals surface area contributed by atoms with Crippen molar-refractivity contribution in [3.05, 3.63) is 29.8 Å². The van der Waals surface area contributed by atoms with Crippen LogP contribution in [0.25, 0.3) is 0 Å². The second-order valence-electron chi connectivity index (χ2n) is 6.41. The van der Waals surface area contributed by atoms with Crippen LogP contribution in [-0.4, -0.2) is 49.2 Å². The van der Waals surface area contributed by atoms with Gasteiger partial charge in [0.15, 0.2) is 0 Å². The summed E-state index contributed by atoms with van der Waals surface area (Å²) < 4.78 is 4.93. The van der Waals surface area contributed by atoms with Crippen molar-refractivity contribution < 1.29 is 14.3 Å². The number of esters is 1. The number of urea groups is 1. The highest BCUT2D eigenvalue weighted by molar-refractivity contribution is 5.92. The Bertz CT molecular complexity index is 560. The van der Waals surface area contributed by atoms with Gasteiger partial charge in [0.25, 0.3) is 0 Å². The molecule has 0 saturated carbocycles. The van der Waals surface area contributed by atoms with E-state index in [-0.39, 0.29) is 12.0 Å². The molecule has 0 aromatic heterocycles. The predicted molar refractivity (Wildman–Crippen MR) is 98.9 cm³/mol. The van der Waals surface area contributed by atoms with Crippen LogP contribution in [0.4, 0.5) is 10.5 Å². The number of nitrogens with zero attached hydrogens (tertiary/aromatic N) is 1. The molecule has 0 spiro atoms. The van der Waals surface area contributed by atoms with Crippen molar-refractivity contribution in [2.75, 3.05) is 31.6 Å². The van der Waals surface area contributed by atoms with E-state index < -0.39 is 0 Å². The minimum absolute atomic E-state index is 0.226. The zero-order valence-electron chi connectivity index (χ0n) is 15.2. The van der Waals surface area contributed by atoms with E-state index in [0.29, 0.717) is 30.4 Å². The average Bonchev–Trinajstić information content (AvgIpc) is 2.61. The SMILES string of the molecule is CCOC(=O)c1ccc(NC(=O)NCCCN2CCCC[C@@H]2C)cc1. The van der Waals surface area contributed by atoms with Crippen molar-refractivity contribution in [1.82, 2.24) is 10.2 Å². The summed E-state index contributed by atoms with van der Waals surface area (Å²) in [7, 11) is 0. The van der Waals surface area contributed by atoms with Gasteiger partial charge >= 0.3 is 12.0 Å². The molecular formula is C19H29N3O3. The molecule has 1 atom stereocenters. The van der Waals surface area contributed by atoms with E-state index in [1.54, 1.807) is 31.2 Å². The molecule has 2 rings (SSSR count). The Morgan fingerprint density at radius 1 is 1.24 bits per heavy atom. The van der Waals surface area contributed by atoms with Crippen LogP contribution in [0.1, 0.15) is 49.9 Å². The summed E-state index contributed by atoms with van der Waals surface area (Å²) in [5, 5.41) is 5.65. The van der Waals surface area contributed by atoms with E-state index in [4.69, 9.17) is 4.74 Å². The smallest absolute Gasteiger partial charge is 0.338 e. The number of amides is 2. The lowest BCUT2D eigenvalue weighted by molar-refractivity contribution is 0.0526. The van der Waals surface area contributed by atoms with Crippen LogP contribution >= 0.6 is 0 Å². The third-order valence-corrected chi connectivity index (χ3v) is 4.50. The summed E-state index contributed by atoms with van der Waals surface area (Å²) in [5.41, 5.74) is 1.12. The molecule has 1 saturated heterocycles. The molecular weight excluding hydrogens is 318 g/mol. The first kappa shape index (κ1) is 19.2. The van der Waals surface area contributed by atoms with Crippen molar-refractivity contribution in [3.63, 3.8) is 0 Å². The van der Waals surface area contributed by atoms with Crippen molar-refractivity contribution in [1.29, 1.82) is 0 Å². The normalized spacial score (nSPS) is 17.8. The van der Waals surface area contributed by atoms with Crippen molar-refractivity contribution in [2.24, 2.45) is 0 Å². The van der Waals surface area contributed by atoms with E-state index in [2.05, 4.69) is 22.5 Å². The van der Waals surface area contributed by atoms with Gasteiger partial charge in [0.05, 0.1) is 12.2 Å². The van der Waals surface area contributed by atoms with Crippen LogP contribution in [0.15, 0.2) is 24.3 Å². The predicted octanol–water partition coefficient (Wildman–Crippen LogP) is 3.25. The molecule has 1 fully saturated rings. The van der Waals surface area contributed by atoms with Gasteiger partial charge in [0, 0.05) is 24.8 Å².